The number of nitrogens with one attached hydrogen (secondary N) is 1. The second-order valence-electron chi connectivity index (χ2n) is 8.95. The van der Waals surface area contributed by atoms with Gasteiger partial charge in [0.05, 0.1) is 11.6 Å². The third kappa shape index (κ3) is 4.56. The molecular weight excluding hydrogens is 432 g/mol. The lowest BCUT2D eigenvalue weighted by Crippen LogP contribution is -2.29. The van der Waals surface area contributed by atoms with E-state index in [0.29, 0.717) is 11.7 Å². The summed E-state index contributed by atoms with van der Waals surface area (Å²) in [6, 6.07) is 16.4. The summed E-state index contributed by atoms with van der Waals surface area (Å²) in [4.78, 5) is 35.7. The fraction of sp³-hybridized carbons (Fsp3) is 0.346. The van der Waals surface area contributed by atoms with Crippen LogP contribution in [0.25, 0.3) is 0 Å². The Morgan fingerprint density at radius 2 is 1.97 bits per heavy atom. The Labute approximate surface area is 198 Å². The van der Waals surface area contributed by atoms with E-state index in [4.69, 9.17) is 0 Å². The van der Waals surface area contributed by atoms with Crippen LogP contribution in [0.15, 0.2) is 48.5 Å². The average Bonchev–Trinajstić information content (AvgIpc) is 3.39. The van der Waals surface area contributed by atoms with Gasteiger partial charge in [0.2, 0.25) is 11.8 Å². The fourth-order valence-corrected chi connectivity index (χ4v) is 5.68. The largest absolute Gasteiger partial charge is 0.311 e. The minimum Gasteiger partial charge on any atom is -0.311 e. The summed E-state index contributed by atoms with van der Waals surface area (Å²) in [5, 5.41) is 3.64. The van der Waals surface area contributed by atoms with Gasteiger partial charge in [-0.1, -0.05) is 42.5 Å². The summed E-state index contributed by atoms with van der Waals surface area (Å²) in [7, 11) is 0. The van der Waals surface area contributed by atoms with Crippen molar-refractivity contribution in [2.75, 3.05) is 23.3 Å². The predicted molar refractivity (Wildman–Crippen MR) is 131 cm³/mol. The number of rotatable bonds is 5. The first-order valence-electron chi connectivity index (χ1n) is 11.4. The zero-order chi connectivity index (χ0) is 22.9. The van der Waals surface area contributed by atoms with Crippen LogP contribution in [0.3, 0.4) is 0 Å². The molecule has 2 amide bonds. The van der Waals surface area contributed by atoms with Crippen LogP contribution in [0.1, 0.15) is 33.7 Å². The number of benzene rings is 2. The molecule has 6 nitrogen and oxygen atoms in total. The number of aryl methyl sites for hydroxylation is 1. The van der Waals surface area contributed by atoms with E-state index in [0.717, 1.165) is 48.6 Å². The molecule has 1 N–H and O–H groups in total. The molecule has 1 saturated heterocycles. The van der Waals surface area contributed by atoms with E-state index in [9.17, 15) is 9.59 Å². The summed E-state index contributed by atoms with van der Waals surface area (Å²) in [6.45, 7) is 7.19. The normalized spacial score (nSPS) is 18.4. The van der Waals surface area contributed by atoms with Gasteiger partial charge in [-0.15, -0.1) is 11.3 Å². The Hall–Kier alpha value is -3.03. The first-order chi connectivity index (χ1) is 16.0. The molecule has 0 radical (unpaired) electrons. The SMILES string of the molecule is Cc1cccc(N2C[C@@H](C(=O)Nc3nc4c(s3)CN(Cc3ccccc3)CC4)CC2=O)c1C. The highest BCUT2D eigenvalue weighted by Gasteiger charge is 2.36. The molecule has 5 rings (SSSR count). The highest BCUT2D eigenvalue weighted by Crippen LogP contribution is 2.32. The van der Waals surface area contributed by atoms with Gasteiger partial charge < -0.3 is 10.2 Å². The molecule has 7 heteroatoms. The number of amides is 2. The predicted octanol–water partition coefficient (Wildman–Crippen LogP) is 4.31. The number of carbonyl (C=O) groups excluding carboxylic acids is 2. The van der Waals surface area contributed by atoms with E-state index in [-0.39, 0.29) is 24.2 Å². The van der Waals surface area contributed by atoms with Gasteiger partial charge in [-0.05, 0) is 36.6 Å². The molecule has 0 bridgehead atoms. The lowest BCUT2D eigenvalue weighted by atomic mass is 10.1. The molecule has 1 aromatic heterocycles. The first kappa shape index (κ1) is 21.8. The van der Waals surface area contributed by atoms with E-state index < -0.39 is 0 Å². The van der Waals surface area contributed by atoms with Crippen LogP contribution < -0.4 is 10.2 Å². The monoisotopic (exact) mass is 460 g/mol. The van der Waals surface area contributed by atoms with Crippen molar-refractivity contribution < 1.29 is 9.59 Å². The Bertz CT molecular complexity index is 1190. The van der Waals surface area contributed by atoms with Gasteiger partial charge in [0, 0.05) is 49.6 Å². The number of aromatic nitrogens is 1. The minimum absolute atomic E-state index is 0.00108. The van der Waals surface area contributed by atoms with Crippen molar-refractivity contribution in [2.45, 2.75) is 39.8 Å². The van der Waals surface area contributed by atoms with Crippen LogP contribution in [-0.2, 0) is 29.1 Å². The number of hydrogen-bond donors (Lipinski definition) is 1. The van der Waals surface area contributed by atoms with Crippen molar-refractivity contribution in [1.29, 1.82) is 0 Å². The molecule has 0 spiro atoms. The molecule has 0 unspecified atom stereocenters. The van der Waals surface area contributed by atoms with Gasteiger partial charge in [0.15, 0.2) is 5.13 Å². The Kier molecular flexibility index (Phi) is 6.00. The third-order valence-electron chi connectivity index (χ3n) is 6.65. The molecular formula is C26H28N4O2S. The molecule has 0 aliphatic carbocycles. The van der Waals surface area contributed by atoms with E-state index >= 15 is 0 Å². The summed E-state index contributed by atoms with van der Waals surface area (Å²) in [5.74, 6) is -0.491. The van der Waals surface area contributed by atoms with Gasteiger partial charge in [0.25, 0.3) is 0 Å². The van der Waals surface area contributed by atoms with Crippen LogP contribution in [0.4, 0.5) is 10.8 Å². The molecule has 3 aromatic rings. The topological polar surface area (TPSA) is 65.5 Å². The maximum Gasteiger partial charge on any atom is 0.231 e. The molecule has 33 heavy (non-hydrogen) atoms. The molecule has 2 aliphatic rings. The summed E-state index contributed by atoms with van der Waals surface area (Å²) in [6.07, 6.45) is 1.12. The van der Waals surface area contributed by atoms with Crippen molar-refractivity contribution in [3.05, 3.63) is 75.8 Å². The van der Waals surface area contributed by atoms with Crippen LogP contribution in [0.2, 0.25) is 0 Å². The van der Waals surface area contributed by atoms with Gasteiger partial charge in [-0.2, -0.15) is 0 Å². The second kappa shape index (κ2) is 9.08. The number of hydrogen-bond acceptors (Lipinski definition) is 5. The van der Waals surface area contributed by atoms with E-state index in [1.807, 2.05) is 38.1 Å². The van der Waals surface area contributed by atoms with Crippen LogP contribution in [0, 0.1) is 19.8 Å². The molecule has 1 atom stereocenters. The van der Waals surface area contributed by atoms with Crippen molar-refractivity contribution in [3.63, 3.8) is 0 Å². The van der Waals surface area contributed by atoms with Crippen LogP contribution in [0.5, 0.6) is 0 Å². The summed E-state index contributed by atoms with van der Waals surface area (Å²) in [5.41, 5.74) is 5.51. The average molecular weight is 461 g/mol. The number of fused-ring (bicyclic) bond motifs is 1. The highest BCUT2D eigenvalue weighted by molar-refractivity contribution is 7.15. The standard InChI is InChI=1S/C26H28N4O2S/c1-17-7-6-10-22(18(17)2)30-15-20(13-24(30)31)25(32)28-26-27-21-11-12-29(16-23(21)33-26)14-19-8-4-3-5-9-19/h3-10,20H,11-16H2,1-2H3,(H,27,28,32)/t20-/m0/s1. The Balaban J connectivity index is 1.22. The smallest absolute Gasteiger partial charge is 0.231 e. The number of anilines is 2. The van der Waals surface area contributed by atoms with Gasteiger partial charge in [0.1, 0.15) is 0 Å². The number of nitrogens with zero attached hydrogens (tertiary/aromatic N) is 3. The maximum atomic E-state index is 13.0. The zero-order valence-electron chi connectivity index (χ0n) is 19.0. The zero-order valence-corrected chi connectivity index (χ0v) is 19.8. The molecule has 170 valence electrons. The van der Waals surface area contributed by atoms with E-state index in [1.54, 1.807) is 16.2 Å². The van der Waals surface area contributed by atoms with E-state index in [1.165, 1.54) is 10.4 Å². The Morgan fingerprint density at radius 1 is 1.15 bits per heavy atom. The molecule has 1 fully saturated rings. The van der Waals surface area contributed by atoms with Gasteiger partial charge in [-0.25, -0.2) is 4.98 Å². The lowest BCUT2D eigenvalue weighted by Gasteiger charge is -2.25. The highest BCUT2D eigenvalue weighted by atomic mass is 32.1. The van der Waals surface area contributed by atoms with Crippen molar-refractivity contribution in [3.8, 4) is 0 Å². The third-order valence-corrected chi connectivity index (χ3v) is 7.65. The molecule has 2 aliphatic heterocycles. The number of thiazole rings is 1. The van der Waals surface area contributed by atoms with Gasteiger partial charge >= 0.3 is 0 Å². The minimum atomic E-state index is -0.368. The molecule has 0 saturated carbocycles. The molecule has 2 aromatic carbocycles. The molecule has 3 heterocycles. The summed E-state index contributed by atoms with van der Waals surface area (Å²) >= 11 is 1.56. The first-order valence-corrected chi connectivity index (χ1v) is 12.2. The van der Waals surface area contributed by atoms with Crippen molar-refractivity contribution >= 4 is 34.0 Å². The van der Waals surface area contributed by atoms with Gasteiger partial charge in [-0.3, -0.25) is 14.5 Å². The quantitative estimate of drug-likeness (QED) is 0.616. The van der Waals surface area contributed by atoms with E-state index in [2.05, 4.69) is 39.5 Å². The maximum absolute atomic E-state index is 13.0. The van der Waals surface area contributed by atoms with Crippen molar-refractivity contribution in [2.24, 2.45) is 5.92 Å². The Morgan fingerprint density at radius 3 is 2.79 bits per heavy atom. The van der Waals surface area contributed by atoms with Crippen LogP contribution in [-0.4, -0.2) is 34.8 Å². The summed E-state index contributed by atoms with van der Waals surface area (Å²) < 4.78 is 0. The van der Waals surface area contributed by atoms with Crippen LogP contribution >= 0.6 is 11.3 Å². The second-order valence-corrected chi connectivity index (χ2v) is 10.0. The van der Waals surface area contributed by atoms with Crippen molar-refractivity contribution in [1.82, 2.24) is 9.88 Å². The number of carbonyl (C=O) groups is 2. The lowest BCUT2D eigenvalue weighted by molar-refractivity contribution is -0.122. The fourth-order valence-electron chi connectivity index (χ4n) is 4.63.